The van der Waals surface area contributed by atoms with Crippen LogP contribution in [0.2, 0.25) is 0 Å². The normalized spacial score (nSPS) is 20.4. The van der Waals surface area contributed by atoms with Crippen LogP contribution < -0.4 is 5.32 Å². The largest absolute Gasteiger partial charge is 0.352 e. The first-order chi connectivity index (χ1) is 13.4. The number of rotatable bonds is 6. The Morgan fingerprint density at radius 3 is 2.32 bits per heavy atom. The molecule has 1 aliphatic carbocycles. The van der Waals surface area contributed by atoms with Gasteiger partial charge in [-0.2, -0.15) is 4.31 Å². The fraction of sp³-hybridized carbons (Fsp3) is 0.650. The lowest BCUT2D eigenvalue weighted by Gasteiger charge is -2.34. The third-order valence-corrected chi connectivity index (χ3v) is 7.70. The maximum absolute atomic E-state index is 13.3. The lowest BCUT2D eigenvalue weighted by molar-refractivity contribution is -0.122. The van der Waals surface area contributed by atoms with Crippen LogP contribution in [0.3, 0.4) is 0 Å². The topological polar surface area (TPSA) is 69.7 Å². The highest BCUT2D eigenvalue weighted by atomic mass is 32.2. The third-order valence-electron chi connectivity index (χ3n) is 5.79. The average molecular weight is 412 g/mol. The standard InChI is InChI=1S/C20H30FN3O3S/c1-23-13-11-17(12-14-23)22-20(25)15-24(18-5-3-2-4-6-18)28(26,27)19-9-7-16(21)8-10-19/h7-10,17-18H,2-6,11-15H2,1H3,(H,22,25). The maximum Gasteiger partial charge on any atom is 0.243 e. The summed E-state index contributed by atoms with van der Waals surface area (Å²) in [6.07, 6.45) is 6.24. The van der Waals surface area contributed by atoms with Gasteiger partial charge in [-0.1, -0.05) is 19.3 Å². The lowest BCUT2D eigenvalue weighted by Crippen LogP contribution is -2.50. The van der Waals surface area contributed by atoms with Crippen molar-refractivity contribution < 1.29 is 17.6 Å². The van der Waals surface area contributed by atoms with E-state index in [-0.39, 0.29) is 29.4 Å². The number of nitrogens with one attached hydrogen (secondary N) is 1. The van der Waals surface area contributed by atoms with Crippen molar-refractivity contribution in [3.63, 3.8) is 0 Å². The zero-order valence-corrected chi connectivity index (χ0v) is 17.3. The van der Waals surface area contributed by atoms with Crippen molar-refractivity contribution in [3.8, 4) is 0 Å². The van der Waals surface area contributed by atoms with E-state index in [1.54, 1.807) is 0 Å². The molecule has 0 atom stereocenters. The van der Waals surface area contributed by atoms with Gasteiger partial charge in [0.2, 0.25) is 15.9 Å². The highest BCUT2D eigenvalue weighted by Crippen LogP contribution is 2.28. The van der Waals surface area contributed by atoms with E-state index in [1.165, 1.54) is 16.4 Å². The number of carbonyl (C=O) groups excluding carboxylic acids is 1. The number of sulfonamides is 1. The molecule has 1 amide bonds. The molecule has 6 nitrogen and oxygen atoms in total. The van der Waals surface area contributed by atoms with Gasteiger partial charge in [0.15, 0.2) is 0 Å². The molecule has 0 aromatic heterocycles. The fourth-order valence-corrected chi connectivity index (χ4v) is 5.73. The molecule has 28 heavy (non-hydrogen) atoms. The minimum Gasteiger partial charge on any atom is -0.352 e. The molecule has 3 rings (SSSR count). The number of likely N-dealkylation sites (tertiary alicyclic amines) is 1. The predicted octanol–water partition coefficient (Wildman–Crippen LogP) is 2.36. The summed E-state index contributed by atoms with van der Waals surface area (Å²) in [6, 6.07) is 4.73. The van der Waals surface area contributed by atoms with Crippen molar-refractivity contribution in [1.29, 1.82) is 0 Å². The van der Waals surface area contributed by atoms with Gasteiger partial charge in [0.1, 0.15) is 5.82 Å². The summed E-state index contributed by atoms with van der Waals surface area (Å²) in [5.41, 5.74) is 0. The maximum atomic E-state index is 13.3. The van der Waals surface area contributed by atoms with Gasteiger partial charge in [0, 0.05) is 12.1 Å². The second kappa shape index (κ2) is 9.33. The van der Waals surface area contributed by atoms with Gasteiger partial charge in [-0.3, -0.25) is 4.79 Å². The molecule has 0 bridgehead atoms. The van der Waals surface area contributed by atoms with Crippen LogP contribution in [0.5, 0.6) is 0 Å². The van der Waals surface area contributed by atoms with Crippen LogP contribution >= 0.6 is 0 Å². The molecule has 2 fully saturated rings. The Morgan fingerprint density at radius 2 is 1.71 bits per heavy atom. The molecule has 1 N–H and O–H groups in total. The van der Waals surface area contributed by atoms with E-state index < -0.39 is 15.8 Å². The van der Waals surface area contributed by atoms with Crippen molar-refractivity contribution >= 4 is 15.9 Å². The number of amides is 1. The Bertz CT molecular complexity index is 755. The van der Waals surface area contributed by atoms with E-state index in [2.05, 4.69) is 17.3 Å². The van der Waals surface area contributed by atoms with Gasteiger partial charge in [-0.05, 0) is 70.1 Å². The van der Waals surface area contributed by atoms with Crippen LogP contribution in [0.4, 0.5) is 4.39 Å². The molecule has 1 heterocycles. The van der Waals surface area contributed by atoms with Gasteiger partial charge in [-0.15, -0.1) is 0 Å². The summed E-state index contributed by atoms with van der Waals surface area (Å²) in [6.45, 7) is 1.66. The molecule has 2 aliphatic rings. The van der Waals surface area contributed by atoms with Crippen molar-refractivity contribution in [2.75, 3.05) is 26.7 Å². The number of halogens is 1. The average Bonchev–Trinajstić information content (AvgIpc) is 2.69. The molecule has 0 unspecified atom stereocenters. The third kappa shape index (κ3) is 5.30. The summed E-state index contributed by atoms with van der Waals surface area (Å²) < 4.78 is 41.1. The highest BCUT2D eigenvalue weighted by molar-refractivity contribution is 7.89. The SMILES string of the molecule is CN1CCC(NC(=O)CN(C2CCCCC2)S(=O)(=O)c2ccc(F)cc2)CC1. The molecular weight excluding hydrogens is 381 g/mol. The number of nitrogens with zero attached hydrogens (tertiary/aromatic N) is 2. The van der Waals surface area contributed by atoms with Gasteiger partial charge in [0.05, 0.1) is 11.4 Å². The Labute approximate surface area is 167 Å². The molecule has 1 aromatic carbocycles. The zero-order chi connectivity index (χ0) is 20.1. The van der Waals surface area contributed by atoms with Crippen molar-refractivity contribution in [1.82, 2.24) is 14.5 Å². The Morgan fingerprint density at radius 1 is 1.11 bits per heavy atom. The van der Waals surface area contributed by atoms with Gasteiger partial charge in [0.25, 0.3) is 0 Å². The minimum absolute atomic E-state index is 0.0339. The predicted molar refractivity (Wildman–Crippen MR) is 106 cm³/mol. The first-order valence-corrected chi connectivity index (χ1v) is 11.6. The van der Waals surface area contributed by atoms with E-state index in [0.29, 0.717) is 0 Å². The Hall–Kier alpha value is -1.51. The van der Waals surface area contributed by atoms with Crippen LogP contribution in [0.25, 0.3) is 0 Å². The van der Waals surface area contributed by atoms with E-state index in [9.17, 15) is 17.6 Å². The molecular formula is C20H30FN3O3S. The second-order valence-corrected chi connectivity index (χ2v) is 9.83. The highest BCUT2D eigenvalue weighted by Gasteiger charge is 2.34. The van der Waals surface area contributed by atoms with Crippen molar-refractivity contribution in [3.05, 3.63) is 30.1 Å². The number of piperidine rings is 1. The van der Waals surface area contributed by atoms with Crippen LogP contribution in [0.1, 0.15) is 44.9 Å². The number of carbonyl (C=O) groups is 1. The van der Waals surface area contributed by atoms with Gasteiger partial charge < -0.3 is 10.2 Å². The second-order valence-electron chi connectivity index (χ2n) is 7.94. The summed E-state index contributed by atoms with van der Waals surface area (Å²) in [5.74, 6) is -0.742. The summed E-state index contributed by atoms with van der Waals surface area (Å²) in [4.78, 5) is 14.9. The number of benzene rings is 1. The Balaban J connectivity index is 1.75. The Kier molecular flexibility index (Phi) is 7.06. The number of hydrogen-bond acceptors (Lipinski definition) is 4. The first kappa shape index (κ1) is 21.2. The quantitative estimate of drug-likeness (QED) is 0.780. The van der Waals surface area contributed by atoms with Gasteiger partial charge in [-0.25, -0.2) is 12.8 Å². The molecule has 1 saturated heterocycles. The summed E-state index contributed by atoms with van der Waals surface area (Å²) >= 11 is 0. The molecule has 1 aromatic rings. The first-order valence-electron chi connectivity index (χ1n) is 10.1. The van der Waals surface area contributed by atoms with E-state index >= 15 is 0 Å². The molecule has 156 valence electrons. The molecule has 1 aliphatic heterocycles. The lowest BCUT2D eigenvalue weighted by atomic mass is 9.95. The fourth-order valence-electron chi connectivity index (χ4n) is 4.09. The van der Waals surface area contributed by atoms with Gasteiger partial charge >= 0.3 is 0 Å². The minimum atomic E-state index is -3.86. The van der Waals surface area contributed by atoms with Crippen LogP contribution in [-0.2, 0) is 14.8 Å². The summed E-state index contributed by atoms with van der Waals surface area (Å²) in [5, 5.41) is 3.01. The van der Waals surface area contributed by atoms with Crippen LogP contribution in [-0.4, -0.2) is 62.3 Å². The smallest absolute Gasteiger partial charge is 0.243 e. The van der Waals surface area contributed by atoms with Crippen LogP contribution in [0, 0.1) is 5.82 Å². The molecule has 1 saturated carbocycles. The van der Waals surface area contributed by atoms with E-state index in [1.807, 2.05) is 0 Å². The van der Waals surface area contributed by atoms with Crippen LogP contribution in [0.15, 0.2) is 29.2 Å². The van der Waals surface area contributed by atoms with E-state index in [4.69, 9.17) is 0 Å². The monoisotopic (exact) mass is 411 g/mol. The summed E-state index contributed by atoms with van der Waals surface area (Å²) in [7, 11) is -1.81. The van der Waals surface area contributed by atoms with E-state index in [0.717, 1.165) is 70.2 Å². The van der Waals surface area contributed by atoms with Crippen molar-refractivity contribution in [2.45, 2.75) is 61.9 Å². The number of hydrogen-bond donors (Lipinski definition) is 1. The van der Waals surface area contributed by atoms with Crippen molar-refractivity contribution in [2.24, 2.45) is 0 Å². The zero-order valence-electron chi connectivity index (χ0n) is 16.4. The molecule has 0 spiro atoms. The molecule has 0 radical (unpaired) electrons. The molecule has 8 heteroatoms.